The van der Waals surface area contributed by atoms with E-state index in [2.05, 4.69) is 57.9 Å². The molecule has 0 bridgehead atoms. The SMILES string of the molecule is CCCCn1c(SCn2nnc3ccccc3c2=O)nnc1C(CC)N(C)C. The number of rotatable bonds is 9. The fourth-order valence-corrected chi connectivity index (χ4v) is 4.03. The molecule has 0 amide bonds. The van der Waals surface area contributed by atoms with Crippen LogP contribution in [0.3, 0.4) is 0 Å². The van der Waals surface area contributed by atoms with Crippen LogP contribution in [-0.2, 0) is 12.4 Å². The van der Waals surface area contributed by atoms with E-state index >= 15 is 0 Å². The molecule has 0 spiro atoms. The lowest BCUT2D eigenvalue weighted by atomic mass is 10.2. The van der Waals surface area contributed by atoms with Crippen LogP contribution in [0.2, 0.25) is 0 Å². The molecule has 0 radical (unpaired) electrons. The molecule has 0 aliphatic heterocycles. The van der Waals surface area contributed by atoms with E-state index in [9.17, 15) is 4.79 Å². The van der Waals surface area contributed by atoms with E-state index < -0.39 is 0 Å². The molecule has 2 heterocycles. The standard InChI is InChI=1S/C19H27N7OS/c1-5-7-12-25-17(16(6-2)24(3)4)21-22-19(25)28-13-26-18(27)14-10-8-9-11-15(14)20-23-26/h8-11,16H,5-7,12-13H2,1-4H3. The van der Waals surface area contributed by atoms with Crippen LogP contribution >= 0.6 is 11.8 Å². The molecule has 3 rings (SSSR count). The van der Waals surface area contributed by atoms with Gasteiger partial charge in [-0.15, -0.1) is 15.3 Å². The molecule has 0 aliphatic carbocycles. The molecule has 28 heavy (non-hydrogen) atoms. The number of nitrogens with zero attached hydrogens (tertiary/aromatic N) is 7. The smallest absolute Gasteiger partial charge is 0.278 e. The van der Waals surface area contributed by atoms with Crippen molar-refractivity contribution in [2.75, 3.05) is 14.1 Å². The van der Waals surface area contributed by atoms with E-state index in [0.29, 0.717) is 16.8 Å². The van der Waals surface area contributed by atoms with Crippen molar-refractivity contribution in [2.24, 2.45) is 0 Å². The molecule has 0 aliphatic rings. The number of unbranched alkanes of at least 4 members (excludes halogenated alkanes) is 1. The van der Waals surface area contributed by atoms with Gasteiger partial charge in [0, 0.05) is 6.54 Å². The van der Waals surface area contributed by atoms with Gasteiger partial charge in [-0.05, 0) is 39.1 Å². The van der Waals surface area contributed by atoms with E-state index in [0.717, 1.165) is 36.8 Å². The van der Waals surface area contributed by atoms with Gasteiger partial charge in [0.15, 0.2) is 11.0 Å². The molecule has 8 nitrogen and oxygen atoms in total. The van der Waals surface area contributed by atoms with Gasteiger partial charge in [-0.2, -0.15) is 4.68 Å². The predicted octanol–water partition coefficient (Wildman–Crippen LogP) is 2.95. The Morgan fingerprint density at radius 2 is 1.93 bits per heavy atom. The van der Waals surface area contributed by atoms with Crippen LogP contribution in [0, 0.1) is 0 Å². The summed E-state index contributed by atoms with van der Waals surface area (Å²) in [6, 6.07) is 7.46. The van der Waals surface area contributed by atoms with E-state index in [1.807, 2.05) is 12.1 Å². The molecule has 9 heteroatoms. The topological polar surface area (TPSA) is 81.7 Å². The van der Waals surface area contributed by atoms with Crippen LogP contribution in [0.5, 0.6) is 0 Å². The quantitative estimate of drug-likeness (QED) is 0.510. The Morgan fingerprint density at radius 1 is 1.14 bits per heavy atom. The van der Waals surface area contributed by atoms with Crippen molar-refractivity contribution >= 4 is 22.7 Å². The molecule has 0 N–H and O–H groups in total. The summed E-state index contributed by atoms with van der Waals surface area (Å²) in [7, 11) is 4.12. The van der Waals surface area contributed by atoms with Gasteiger partial charge >= 0.3 is 0 Å². The van der Waals surface area contributed by atoms with Crippen molar-refractivity contribution in [2.45, 2.75) is 56.7 Å². The van der Waals surface area contributed by atoms with Crippen molar-refractivity contribution in [1.82, 2.24) is 34.7 Å². The molecule has 150 valence electrons. The van der Waals surface area contributed by atoms with Gasteiger partial charge in [0.2, 0.25) is 0 Å². The van der Waals surface area contributed by atoms with Crippen LogP contribution in [0.15, 0.2) is 34.2 Å². The lowest BCUT2D eigenvalue weighted by Gasteiger charge is -2.23. The molecule has 3 aromatic rings. The minimum atomic E-state index is -0.141. The fourth-order valence-electron chi connectivity index (χ4n) is 3.19. The summed E-state index contributed by atoms with van der Waals surface area (Å²) in [4.78, 5) is 14.8. The van der Waals surface area contributed by atoms with Gasteiger partial charge in [0.25, 0.3) is 5.56 Å². The van der Waals surface area contributed by atoms with Crippen molar-refractivity contribution in [1.29, 1.82) is 0 Å². The number of fused-ring (bicyclic) bond motifs is 1. The van der Waals surface area contributed by atoms with Gasteiger partial charge in [-0.3, -0.25) is 9.69 Å². The monoisotopic (exact) mass is 401 g/mol. The molecule has 1 atom stereocenters. The molecule has 0 saturated carbocycles. The highest BCUT2D eigenvalue weighted by Gasteiger charge is 2.22. The molecular formula is C19H27N7OS. The van der Waals surface area contributed by atoms with Crippen LogP contribution in [0.1, 0.15) is 45.0 Å². The third-order valence-electron chi connectivity index (χ3n) is 4.73. The first-order chi connectivity index (χ1) is 13.6. The van der Waals surface area contributed by atoms with Crippen LogP contribution in [-0.4, -0.2) is 48.8 Å². The van der Waals surface area contributed by atoms with Crippen molar-refractivity contribution in [3.05, 3.63) is 40.4 Å². The highest BCUT2D eigenvalue weighted by atomic mass is 32.2. The van der Waals surface area contributed by atoms with Crippen LogP contribution < -0.4 is 5.56 Å². The minimum Gasteiger partial charge on any atom is -0.305 e. The summed E-state index contributed by atoms with van der Waals surface area (Å²) in [6.07, 6.45) is 3.10. The predicted molar refractivity (Wildman–Crippen MR) is 111 cm³/mol. The number of hydrogen-bond donors (Lipinski definition) is 0. The normalized spacial score (nSPS) is 12.8. The Bertz CT molecular complexity index is 982. The summed E-state index contributed by atoms with van der Waals surface area (Å²) in [5.74, 6) is 1.32. The maximum atomic E-state index is 12.7. The lowest BCUT2D eigenvalue weighted by molar-refractivity contribution is 0.270. The summed E-state index contributed by atoms with van der Waals surface area (Å²) in [6.45, 7) is 5.19. The summed E-state index contributed by atoms with van der Waals surface area (Å²) in [5.41, 5.74) is 0.469. The zero-order chi connectivity index (χ0) is 20.1. The first kappa shape index (κ1) is 20.5. The van der Waals surface area contributed by atoms with E-state index in [4.69, 9.17) is 0 Å². The zero-order valence-electron chi connectivity index (χ0n) is 16.9. The maximum absolute atomic E-state index is 12.7. The van der Waals surface area contributed by atoms with Crippen LogP contribution in [0.25, 0.3) is 10.9 Å². The van der Waals surface area contributed by atoms with E-state index in [1.54, 1.807) is 12.1 Å². The second-order valence-corrected chi connectivity index (χ2v) is 7.83. The van der Waals surface area contributed by atoms with Crippen molar-refractivity contribution in [3.63, 3.8) is 0 Å². The fraction of sp³-hybridized carbons (Fsp3) is 0.526. The molecular weight excluding hydrogens is 374 g/mol. The molecule has 0 fully saturated rings. The first-order valence-electron chi connectivity index (χ1n) is 9.61. The number of hydrogen-bond acceptors (Lipinski definition) is 7. The molecule has 1 unspecified atom stereocenters. The second kappa shape index (κ2) is 9.29. The highest BCUT2D eigenvalue weighted by Crippen LogP contribution is 2.26. The zero-order valence-corrected chi connectivity index (χ0v) is 17.7. The van der Waals surface area contributed by atoms with Gasteiger partial charge < -0.3 is 4.57 Å². The van der Waals surface area contributed by atoms with Gasteiger partial charge in [-0.25, -0.2) is 0 Å². The first-order valence-corrected chi connectivity index (χ1v) is 10.6. The van der Waals surface area contributed by atoms with Crippen molar-refractivity contribution < 1.29 is 0 Å². The average Bonchev–Trinajstić information content (AvgIpc) is 3.08. The van der Waals surface area contributed by atoms with Gasteiger partial charge in [-0.1, -0.05) is 49.4 Å². The third kappa shape index (κ3) is 4.25. The summed E-state index contributed by atoms with van der Waals surface area (Å²) in [5, 5.41) is 18.5. The average molecular weight is 402 g/mol. The largest absolute Gasteiger partial charge is 0.305 e. The Balaban J connectivity index is 1.87. The van der Waals surface area contributed by atoms with Gasteiger partial charge in [0.05, 0.1) is 17.3 Å². The van der Waals surface area contributed by atoms with Crippen molar-refractivity contribution in [3.8, 4) is 0 Å². The molecule has 2 aromatic heterocycles. The third-order valence-corrected chi connectivity index (χ3v) is 5.67. The van der Waals surface area contributed by atoms with Crippen LogP contribution in [0.4, 0.5) is 0 Å². The Labute approximate surface area is 168 Å². The molecule has 1 aromatic carbocycles. The maximum Gasteiger partial charge on any atom is 0.278 e. The lowest BCUT2D eigenvalue weighted by Crippen LogP contribution is -2.24. The molecule has 0 saturated heterocycles. The summed E-state index contributed by atoms with van der Waals surface area (Å²) < 4.78 is 3.57. The Morgan fingerprint density at radius 3 is 2.64 bits per heavy atom. The highest BCUT2D eigenvalue weighted by molar-refractivity contribution is 7.98. The van der Waals surface area contributed by atoms with E-state index in [1.165, 1.54) is 16.4 Å². The number of thioether (sulfide) groups is 1. The second-order valence-electron chi connectivity index (χ2n) is 6.92. The van der Waals surface area contributed by atoms with Gasteiger partial charge in [0.1, 0.15) is 5.52 Å². The van der Waals surface area contributed by atoms with E-state index in [-0.39, 0.29) is 11.6 Å². The Hall–Kier alpha value is -2.26. The number of benzene rings is 1. The Kier molecular flexibility index (Phi) is 6.79. The minimum absolute atomic E-state index is 0.141. The number of aromatic nitrogens is 6. The summed E-state index contributed by atoms with van der Waals surface area (Å²) >= 11 is 1.47.